The van der Waals surface area contributed by atoms with E-state index in [0.717, 1.165) is 47.3 Å². The number of aliphatic hydroxyl groups is 1. The van der Waals surface area contributed by atoms with Gasteiger partial charge >= 0.3 is 6.18 Å². The number of ether oxygens (including phenoxy) is 1. The summed E-state index contributed by atoms with van der Waals surface area (Å²) in [5, 5.41) is 13.0. The molecule has 2 heterocycles. The Bertz CT molecular complexity index is 1100. The normalized spacial score (nSPS) is 19.1. The Morgan fingerprint density at radius 3 is 2.75 bits per heavy atom. The second-order valence-corrected chi connectivity index (χ2v) is 8.95. The fourth-order valence-electron chi connectivity index (χ4n) is 3.76. The molecule has 0 saturated heterocycles. The fraction of sp³-hybridized carbons (Fsp3) is 0.409. The first-order valence-corrected chi connectivity index (χ1v) is 11.1. The third-order valence-electron chi connectivity index (χ3n) is 5.36. The van der Waals surface area contributed by atoms with Gasteiger partial charge in [0, 0.05) is 24.8 Å². The van der Waals surface area contributed by atoms with Gasteiger partial charge in [0.15, 0.2) is 0 Å². The fourth-order valence-corrected chi connectivity index (χ4v) is 4.85. The molecule has 1 aliphatic carbocycles. The van der Waals surface area contributed by atoms with Crippen molar-refractivity contribution in [3.63, 3.8) is 0 Å². The van der Waals surface area contributed by atoms with Crippen LogP contribution in [0.3, 0.4) is 0 Å². The number of thiazole rings is 1. The van der Waals surface area contributed by atoms with E-state index in [4.69, 9.17) is 4.74 Å². The maximum absolute atomic E-state index is 12.3. The zero-order chi connectivity index (χ0) is 22.7. The van der Waals surface area contributed by atoms with Crippen molar-refractivity contribution in [2.24, 2.45) is 5.92 Å². The van der Waals surface area contributed by atoms with Crippen LogP contribution in [0.1, 0.15) is 41.2 Å². The van der Waals surface area contributed by atoms with Crippen LogP contribution in [0.4, 0.5) is 13.2 Å². The first-order chi connectivity index (χ1) is 15.3. The van der Waals surface area contributed by atoms with Gasteiger partial charge < -0.3 is 15.2 Å². The summed E-state index contributed by atoms with van der Waals surface area (Å²) in [6.45, 7) is -1.43. The Labute approximate surface area is 186 Å². The number of aromatic nitrogens is 2. The zero-order valence-corrected chi connectivity index (χ0v) is 17.9. The lowest BCUT2D eigenvalue weighted by molar-refractivity contribution is -0.123. The molecule has 0 aliphatic heterocycles. The van der Waals surface area contributed by atoms with E-state index in [-0.39, 0.29) is 23.5 Å². The summed E-state index contributed by atoms with van der Waals surface area (Å²) >= 11 is 1.55. The lowest BCUT2D eigenvalue weighted by Gasteiger charge is -2.26. The number of carbonyl (C=O) groups is 1. The molecular weight excluding hydrogens is 443 g/mol. The van der Waals surface area contributed by atoms with Crippen LogP contribution in [0.5, 0.6) is 11.5 Å². The Balaban J connectivity index is 1.44. The number of rotatable bonds is 6. The van der Waals surface area contributed by atoms with E-state index >= 15 is 0 Å². The van der Waals surface area contributed by atoms with E-state index < -0.39 is 18.6 Å². The van der Waals surface area contributed by atoms with E-state index in [1.807, 2.05) is 12.1 Å². The first-order valence-electron chi connectivity index (χ1n) is 10.3. The van der Waals surface area contributed by atoms with Crippen LogP contribution in [-0.2, 0) is 6.42 Å². The molecule has 6 nitrogen and oxygen atoms in total. The molecule has 3 aromatic rings. The Hall–Kier alpha value is -2.72. The molecule has 0 spiro atoms. The molecule has 1 aromatic carbocycles. The van der Waals surface area contributed by atoms with Gasteiger partial charge in [-0.1, -0.05) is 12.8 Å². The lowest BCUT2D eigenvalue weighted by Crippen LogP contribution is -2.34. The topological polar surface area (TPSA) is 84.3 Å². The van der Waals surface area contributed by atoms with Crippen molar-refractivity contribution in [2.45, 2.75) is 44.4 Å². The summed E-state index contributed by atoms with van der Waals surface area (Å²) < 4.78 is 43.6. The summed E-state index contributed by atoms with van der Waals surface area (Å²) in [6.07, 6.45) is 1.33. The first kappa shape index (κ1) is 22.5. The van der Waals surface area contributed by atoms with E-state index in [1.165, 1.54) is 18.3 Å². The molecule has 1 aliphatic rings. The minimum atomic E-state index is -4.50. The Morgan fingerprint density at radius 1 is 1.19 bits per heavy atom. The minimum absolute atomic E-state index is 0.168. The average Bonchev–Trinajstić information content (AvgIpc) is 3.15. The summed E-state index contributed by atoms with van der Waals surface area (Å²) in [5.74, 6) is 0.101. The van der Waals surface area contributed by atoms with Crippen LogP contribution in [-0.4, -0.2) is 39.8 Å². The SMILES string of the molecule is O=C(NCC(F)(F)F)c1cc(Oc2ccc3nc(C[C@@H]4CCCC[C@H]4O)sc3c2)ccn1. The van der Waals surface area contributed by atoms with Crippen molar-refractivity contribution >= 4 is 27.5 Å². The summed E-state index contributed by atoms with van der Waals surface area (Å²) in [5.41, 5.74) is 0.670. The minimum Gasteiger partial charge on any atom is -0.457 e. The molecule has 170 valence electrons. The number of nitrogens with zero attached hydrogens (tertiary/aromatic N) is 2. The van der Waals surface area contributed by atoms with Crippen molar-refractivity contribution in [2.75, 3.05) is 6.54 Å². The van der Waals surface area contributed by atoms with E-state index in [2.05, 4.69) is 9.97 Å². The van der Waals surface area contributed by atoms with Gasteiger partial charge in [-0.3, -0.25) is 9.78 Å². The summed E-state index contributed by atoms with van der Waals surface area (Å²) in [4.78, 5) is 20.4. The van der Waals surface area contributed by atoms with Gasteiger partial charge in [0.1, 0.15) is 23.7 Å². The molecule has 1 saturated carbocycles. The molecule has 2 aromatic heterocycles. The van der Waals surface area contributed by atoms with Gasteiger partial charge in [-0.05, 0) is 37.0 Å². The van der Waals surface area contributed by atoms with Crippen LogP contribution in [0.2, 0.25) is 0 Å². The highest BCUT2D eigenvalue weighted by Crippen LogP contribution is 2.33. The van der Waals surface area contributed by atoms with Gasteiger partial charge in [0.2, 0.25) is 0 Å². The highest BCUT2D eigenvalue weighted by Gasteiger charge is 2.28. The maximum Gasteiger partial charge on any atom is 0.405 e. The molecule has 1 amide bonds. The standard InChI is InChI=1S/C22H22F3N3O3S/c23-22(24,25)12-27-21(30)17-10-15(7-8-26-17)31-14-5-6-16-19(11-14)32-20(28-16)9-13-3-1-2-4-18(13)29/h5-8,10-11,13,18,29H,1-4,9,12H2,(H,27,30)/t13-,18+/m0/s1. The van der Waals surface area contributed by atoms with Crippen molar-refractivity contribution < 1.29 is 27.8 Å². The third-order valence-corrected chi connectivity index (χ3v) is 6.40. The monoisotopic (exact) mass is 465 g/mol. The zero-order valence-electron chi connectivity index (χ0n) is 17.1. The molecule has 10 heteroatoms. The van der Waals surface area contributed by atoms with Crippen molar-refractivity contribution in [1.82, 2.24) is 15.3 Å². The molecule has 32 heavy (non-hydrogen) atoms. The quantitative estimate of drug-likeness (QED) is 0.543. The number of pyridine rings is 1. The van der Waals surface area contributed by atoms with Crippen LogP contribution >= 0.6 is 11.3 Å². The van der Waals surface area contributed by atoms with E-state index in [0.29, 0.717) is 5.75 Å². The highest BCUT2D eigenvalue weighted by molar-refractivity contribution is 7.18. The Morgan fingerprint density at radius 2 is 1.97 bits per heavy atom. The summed E-state index contributed by atoms with van der Waals surface area (Å²) in [6, 6.07) is 8.22. The number of halogens is 3. The predicted molar refractivity (Wildman–Crippen MR) is 114 cm³/mol. The largest absolute Gasteiger partial charge is 0.457 e. The van der Waals surface area contributed by atoms with Crippen LogP contribution in [0.25, 0.3) is 10.2 Å². The second kappa shape index (κ2) is 9.41. The number of fused-ring (bicyclic) bond motifs is 1. The number of benzene rings is 1. The number of amides is 1. The highest BCUT2D eigenvalue weighted by atomic mass is 32.1. The number of alkyl halides is 3. The van der Waals surface area contributed by atoms with Crippen LogP contribution in [0.15, 0.2) is 36.5 Å². The molecule has 2 N–H and O–H groups in total. The van der Waals surface area contributed by atoms with Crippen LogP contribution < -0.4 is 10.1 Å². The van der Waals surface area contributed by atoms with Gasteiger partial charge in [0.25, 0.3) is 5.91 Å². The third kappa shape index (κ3) is 5.74. The smallest absolute Gasteiger partial charge is 0.405 e. The lowest BCUT2D eigenvalue weighted by atomic mass is 9.84. The average molecular weight is 465 g/mol. The van der Waals surface area contributed by atoms with Crippen LogP contribution in [0, 0.1) is 5.92 Å². The molecule has 4 rings (SSSR count). The molecule has 0 radical (unpaired) electrons. The number of aliphatic hydroxyl groups excluding tert-OH is 1. The molecule has 1 fully saturated rings. The number of carbonyl (C=O) groups excluding carboxylic acids is 1. The number of hydrogen-bond acceptors (Lipinski definition) is 6. The number of hydrogen-bond donors (Lipinski definition) is 2. The molecule has 0 unspecified atom stereocenters. The maximum atomic E-state index is 12.3. The van der Waals surface area contributed by atoms with Gasteiger partial charge in [-0.2, -0.15) is 13.2 Å². The van der Waals surface area contributed by atoms with Crippen molar-refractivity contribution in [3.05, 3.63) is 47.2 Å². The number of nitrogens with one attached hydrogen (secondary N) is 1. The van der Waals surface area contributed by atoms with Gasteiger partial charge in [-0.25, -0.2) is 4.98 Å². The van der Waals surface area contributed by atoms with Gasteiger partial charge in [0.05, 0.1) is 21.3 Å². The molecule has 2 atom stereocenters. The molecule has 0 bridgehead atoms. The Kier molecular flexibility index (Phi) is 6.61. The van der Waals surface area contributed by atoms with Crippen molar-refractivity contribution in [1.29, 1.82) is 0 Å². The van der Waals surface area contributed by atoms with E-state index in [1.54, 1.807) is 22.7 Å². The predicted octanol–water partition coefficient (Wildman–Crippen LogP) is 4.87. The second-order valence-electron chi connectivity index (χ2n) is 7.83. The summed E-state index contributed by atoms with van der Waals surface area (Å²) in [7, 11) is 0. The van der Waals surface area contributed by atoms with Crippen molar-refractivity contribution in [3.8, 4) is 11.5 Å². The van der Waals surface area contributed by atoms with Gasteiger partial charge in [-0.15, -0.1) is 11.3 Å². The van der Waals surface area contributed by atoms with E-state index in [9.17, 15) is 23.1 Å². The molecular formula is C22H22F3N3O3S.